The van der Waals surface area contributed by atoms with Gasteiger partial charge in [-0.05, 0) is 63.3 Å². The van der Waals surface area contributed by atoms with Crippen molar-refractivity contribution in [2.45, 2.75) is 64.3 Å². The van der Waals surface area contributed by atoms with Crippen molar-refractivity contribution in [3.63, 3.8) is 0 Å². The quantitative estimate of drug-likeness (QED) is 0.536. The summed E-state index contributed by atoms with van der Waals surface area (Å²) in [4.78, 5) is 24.2. The Balaban J connectivity index is 1.86. The summed E-state index contributed by atoms with van der Waals surface area (Å²) < 4.78 is 17.7. The van der Waals surface area contributed by atoms with Gasteiger partial charge in [-0.2, -0.15) is 0 Å². The second kappa shape index (κ2) is 9.67. The van der Waals surface area contributed by atoms with Gasteiger partial charge < -0.3 is 24.7 Å². The van der Waals surface area contributed by atoms with E-state index in [0.29, 0.717) is 33.6 Å². The number of ether oxygens (including phenoxy) is 2. The van der Waals surface area contributed by atoms with Crippen LogP contribution in [-0.2, 0) is 11.2 Å². The van der Waals surface area contributed by atoms with Crippen LogP contribution in [0, 0.1) is 0 Å². The molecule has 7 heteroatoms. The minimum absolute atomic E-state index is 0.100. The van der Waals surface area contributed by atoms with Crippen molar-refractivity contribution in [3.05, 3.63) is 58.6 Å². The zero-order chi connectivity index (χ0) is 23.5. The number of aliphatic hydroxyl groups excluding tert-OH is 1. The maximum atomic E-state index is 12.6. The van der Waals surface area contributed by atoms with E-state index in [-0.39, 0.29) is 12.5 Å². The van der Waals surface area contributed by atoms with E-state index in [2.05, 4.69) is 0 Å². The first-order valence-electron chi connectivity index (χ1n) is 11.3. The summed E-state index contributed by atoms with van der Waals surface area (Å²) in [6.07, 6.45) is 2.89. The van der Waals surface area contributed by atoms with E-state index in [1.807, 2.05) is 24.3 Å². The van der Waals surface area contributed by atoms with Gasteiger partial charge in [-0.25, -0.2) is 4.79 Å². The van der Waals surface area contributed by atoms with Crippen LogP contribution < -0.4 is 20.8 Å². The normalized spacial score (nSPS) is 16.0. The van der Waals surface area contributed by atoms with Gasteiger partial charge in [-0.15, -0.1) is 0 Å². The second-order valence-corrected chi connectivity index (χ2v) is 8.63. The van der Waals surface area contributed by atoms with Crippen LogP contribution in [0.2, 0.25) is 0 Å². The Labute approximate surface area is 192 Å². The minimum Gasteiger partial charge on any atom is -0.487 e. The third-order valence-corrected chi connectivity index (χ3v) is 5.92. The molecule has 2 aromatic carbocycles. The van der Waals surface area contributed by atoms with Gasteiger partial charge in [0, 0.05) is 17.4 Å². The highest BCUT2D eigenvalue weighted by Crippen LogP contribution is 2.39. The SMILES string of the molecule is CC(O)Cc1oc(=O)c2ccccc2c1-c1ccc(OC2CCCC2)c(OC(C)C(N)=O)c1. The molecule has 2 unspecified atom stereocenters. The van der Waals surface area contributed by atoms with E-state index < -0.39 is 23.7 Å². The molecule has 0 radical (unpaired) electrons. The van der Waals surface area contributed by atoms with E-state index in [1.54, 1.807) is 32.0 Å². The lowest BCUT2D eigenvalue weighted by atomic mass is 9.96. The van der Waals surface area contributed by atoms with E-state index in [9.17, 15) is 14.7 Å². The third kappa shape index (κ3) is 5.03. The van der Waals surface area contributed by atoms with Crippen molar-refractivity contribution in [1.82, 2.24) is 0 Å². The largest absolute Gasteiger partial charge is 0.487 e. The van der Waals surface area contributed by atoms with Gasteiger partial charge in [0.15, 0.2) is 17.6 Å². The minimum atomic E-state index is -0.853. The first kappa shape index (κ1) is 22.9. The highest BCUT2D eigenvalue weighted by Gasteiger charge is 2.23. The zero-order valence-electron chi connectivity index (χ0n) is 18.9. The molecule has 1 amide bonds. The molecule has 0 spiro atoms. The highest BCUT2D eigenvalue weighted by atomic mass is 16.5. The van der Waals surface area contributed by atoms with Crippen LogP contribution in [0.5, 0.6) is 11.5 Å². The number of rotatable bonds is 8. The lowest BCUT2D eigenvalue weighted by molar-refractivity contribution is -0.124. The van der Waals surface area contributed by atoms with Crippen LogP contribution in [0.25, 0.3) is 21.9 Å². The van der Waals surface area contributed by atoms with E-state index in [4.69, 9.17) is 19.6 Å². The summed E-state index contributed by atoms with van der Waals surface area (Å²) in [6.45, 7) is 3.23. The molecular formula is C26H29NO6. The van der Waals surface area contributed by atoms with Crippen LogP contribution in [0.15, 0.2) is 51.7 Å². The number of benzene rings is 2. The molecule has 0 bridgehead atoms. The first-order chi connectivity index (χ1) is 15.8. The number of aliphatic hydroxyl groups is 1. The number of hydrogen-bond acceptors (Lipinski definition) is 6. The van der Waals surface area contributed by atoms with Crippen molar-refractivity contribution in [3.8, 4) is 22.6 Å². The van der Waals surface area contributed by atoms with Gasteiger partial charge in [0.05, 0.1) is 17.6 Å². The number of nitrogens with two attached hydrogens (primary N) is 1. The van der Waals surface area contributed by atoms with Crippen molar-refractivity contribution >= 4 is 16.7 Å². The van der Waals surface area contributed by atoms with Crippen molar-refractivity contribution < 1.29 is 23.8 Å². The molecule has 1 heterocycles. The lowest BCUT2D eigenvalue weighted by Crippen LogP contribution is -2.30. The molecule has 0 saturated heterocycles. The molecule has 1 aromatic heterocycles. The van der Waals surface area contributed by atoms with Gasteiger partial charge in [0.1, 0.15) is 5.76 Å². The smallest absolute Gasteiger partial charge is 0.343 e. The summed E-state index contributed by atoms with van der Waals surface area (Å²) in [5.74, 6) is 0.728. The van der Waals surface area contributed by atoms with Gasteiger partial charge in [0.25, 0.3) is 5.91 Å². The van der Waals surface area contributed by atoms with Gasteiger partial charge in [-0.1, -0.05) is 24.3 Å². The molecule has 3 aromatic rings. The number of carbonyl (C=O) groups excluding carboxylic acids is 1. The summed E-state index contributed by atoms with van der Waals surface area (Å²) in [6, 6.07) is 12.6. The van der Waals surface area contributed by atoms with E-state index >= 15 is 0 Å². The molecular weight excluding hydrogens is 422 g/mol. The number of primary amides is 1. The standard InChI is InChI=1S/C26H29NO6/c1-15(28)13-23-24(19-9-5-6-10-20(19)26(30)33-23)17-11-12-21(32-18-7-3-4-8-18)22(14-17)31-16(2)25(27)29/h5-6,9-12,14-16,18,28H,3-4,7-8,13H2,1-2H3,(H2,27,29). The van der Waals surface area contributed by atoms with E-state index in [0.717, 1.165) is 31.2 Å². The van der Waals surface area contributed by atoms with Gasteiger partial charge in [0.2, 0.25) is 0 Å². The molecule has 33 heavy (non-hydrogen) atoms. The molecule has 1 fully saturated rings. The van der Waals surface area contributed by atoms with Crippen LogP contribution in [-0.4, -0.2) is 29.3 Å². The van der Waals surface area contributed by atoms with Crippen molar-refractivity contribution in [2.24, 2.45) is 5.73 Å². The molecule has 1 aliphatic rings. The average Bonchev–Trinajstić information content (AvgIpc) is 3.28. The number of amides is 1. The Hall–Kier alpha value is -3.32. The molecule has 0 aliphatic heterocycles. The predicted molar refractivity (Wildman–Crippen MR) is 125 cm³/mol. The molecule has 7 nitrogen and oxygen atoms in total. The number of carbonyl (C=O) groups is 1. The number of fused-ring (bicyclic) bond motifs is 1. The molecule has 3 N–H and O–H groups in total. The first-order valence-corrected chi connectivity index (χ1v) is 11.3. The summed E-state index contributed by atoms with van der Waals surface area (Å²) in [5, 5.41) is 11.2. The van der Waals surface area contributed by atoms with Gasteiger partial charge in [-0.3, -0.25) is 4.79 Å². The fourth-order valence-corrected chi connectivity index (χ4v) is 4.26. The van der Waals surface area contributed by atoms with Crippen molar-refractivity contribution in [2.75, 3.05) is 0 Å². The Morgan fingerprint density at radius 3 is 2.48 bits per heavy atom. The van der Waals surface area contributed by atoms with Crippen LogP contribution in [0.1, 0.15) is 45.3 Å². The van der Waals surface area contributed by atoms with Crippen LogP contribution in [0.4, 0.5) is 0 Å². The molecule has 1 aliphatic carbocycles. The Bertz CT molecular complexity index is 1210. The summed E-state index contributed by atoms with van der Waals surface area (Å²) >= 11 is 0. The van der Waals surface area contributed by atoms with Crippen LogP contribution in [0.3, 0.4) is 0 Å². The Morgan fingerprint density at radius 1 is 1.12 bits per heavy atom. The molecule has 4 rings (SSSR count). The third-order valence-electron chi connectivity index (χ3n) is 5.92. The topological polar surface area (TPSA) is 112 Å². The molecule has 2 atom stereocenters. The fraction of sp³-hybridized carbons (Fsp3) is 0.385. The van der Waals surface area contributed by atoms with Crippen LogP contribution >= 0.6 is 0 Å². The Morgan fingerprint density at radius 2 is 1.82 bits per heavy atom. The summed E-state index contributed by atoms with van der Waals surface area (Å²) in [7, 11) is 0. The monoisotopic (exact) mass is 451 g/mol. The lowest BCUT2D eigenvalue weighted by Gasteiger charge is -2.20. The molecule has 1 saturated carbocycles. The second-order valence-electron chi connectivity index (χ2n) is 8.63. The van der Waals surface area contributed by atoms with Crippen molar-refractivity contribution in [1.29, 1.82) is 0 Å². The van der Waals surface area contributed by atoms with E-state index in [1.165, 1.54) is 0 Å². The summed E-state index contributed by atoms with van der Waals surface area (Å²) in [5.41, 5.74) is 6.39. The average molecular weight is 452 g/mol. The number of hydrogen-bond donors (Lipinski definition) is 2. The van der Waals surface area contributed by atoms with Gasteiger partial charge >= 0.3 is 5.63 Å². The maximum Gasteiger partial charge on any atom is 0.343 e. The highest BCUT2D eigenvalue weighted by molar-refractivity contribution is 5.97. The predicted octanol–water partition coefficient (Wildman–Crippen LogP) is 3.96. The maximum absolute atomic E-state index is 12.6. The fourth-order valence-electron chi connectivity index (χ4n) is 4.26. The Kier molecular flexibility index (Phi) is 6.70. The zero-order valence-corrected chi connectivity index (χ0v) is 18.9. The molecule has 174 valence electrons.